The second kappa shape index (κ2) is 7.47. The van der Waals surface area contributed by atoms with E-state index in [9.17, 15) is 19.5 Å². The molecule has 1 aromatic carbocycles. The van der Waals surface area contributed by atoms with Crippen molar-refractivity contribution in [3.63, 3.8) is 0 Å². The van der Waals surface area contributed by atoms with Gasteiger partial charge < -0.3 is 18.7 Å². The molecule has 0 amide bonds. The molecule has 0 aliphatic heterocycles. The van der Waals surface area contributed by atoms with Gasteiger partial charge in [-0.15, -0.1) is 0 Å². The second-order valence-electron chi connectivity index (χ2n) is 6.26. The topological polar surface area (TPSA) is 98.2 Å². The van der Waals surface area contributed by atoms with Crippen LogP contribution in [-0.2, 0) is 11.3 Å². The number of hydrogen-bond donors (Lipinski definition) is 1. The fraction of sp³-hybridized carbons (Fsp3) is 0.0455. The van der Waals surface area contributed by atoms with Gasteiger partial charge in [-0.1, -0.05) is 30.3 Å². The number of fused-ring (bicyclic) bond motifs is 1. The molecular weight excluding hydrogens is 374 g/mol. The molecule has 0 unspecified atom stereocenters. The van der Waals surface area contributed by atoms with Crippen molar-refractivity contribution < 1.29 is 28.6 Å². The van der Waals surface area contributed by atoms with Gasteiger partial charge in [-0.2, -0.15) is 0 Å². The Hall–Kier alpha value is -4.13. The van der Waals surface area contributed by atoms with Crippen molar-refractivity contribution in [2.45, 2.75) is 6.61 Å². The Morgan fingerprint density at radius 1 is 0.966 bits per heavy atom. The summed E-state index contributed by atoms with van der Waals surface area (Å²) in [6, 6.07) is 16.4. The Bertz CT molecular complexity index is 1210. The van der Waals surface area contributed by atoms with Crippen molar-refractivity contribution >= 4 is 23.2 Å². The van der Waals surface area contributed by atoms with Crippen molar-refractivity contribution in [3.05, 3.63) is 101 Å². The van der Waals surface area contributed by atoms with E-state index in [4.69, 9.17) is 9.15 Å². The van der Waals surface area contributed by atoms with Crippen LogP contribution in [0.4, 0.5) is 0 Å². The summed E-state index contributed by atoms with van der Waals surface area (Å²) in [5.41, 5.74) is 0.860. The van der Waals surface area contributed by atoms with Crippen LogP contribution >= 0.6 is 0 Å². The lowest BCUT2D eigenvalue weighted by atomic mass is 10.1. The molecule has 4 aromatic rings. The molecule has 0 aliphatic carbocycles. The van der Waals surface area contributed by atoms with Gasteiger partial charge in [0.05, 0.1) is 22.9 Å². The summed E-state index contributed by atoms with van der Waals surface area (Å²) in [7, 11) is 0. The zero-order chi connectivity index (χ0) is 20.4. The first-order chi connectivity index (χ1) is 14.1. The van der Waals surface area contributed by atoms with Gasteiger partial charge >= 0.3 is 11.9 Å². The smallest absolute Gasteiger partial charge is 0.355 e. The number of aromatic nitrogens is 1. The number of aromatic carboxylic acids is 1. The lowest BCUT2D eigenvalue weighted by Crippen LogP contribution is -2.09. The van der Waals surface area contributed by atoms with Crippen molar-refractivity contribution in [3.8, 4) is 0 Å². The first kappa shape index (κ1) is 18.2. The first-order valence-corrected chi connectivity index (χ1v) is 8.73. The van der Waals surface area contributed by atoms with E-state index >= 15 is 0 Å². The van der Waals surface area contributed by atoms with Crippen LogP contribution in [0.5, 0.6) is 0 Å². The number of esters is 1. The third-order valence-electron chi connectivity index (χ3n) is 4.43. The number of pyridine rings is 1. The SMILES string of the molecule is O=C(O)c1cc(C(=O)OCc2ccccc2)n2cccc(C(=O)c3ccco3)c12. The molecule has 4 rings (SSSR count). The van der Waals surface area contributed by atoms with Gasteiger partial charge in [0.2, 0.25) is 5.78 Å². The van der Waals surface area contributed by atoms with Crippen LogP contribution in [0, 0.1) is 0 Å². The number of carboxylic acid groups (broad SMARTS) is 1. The van der Waals surface area contributed by atoms with E-state index in [1.165, 1.54) is 35.1 Å². The molecule has 144 valence electrons. The number of ketones is 1. The third kappa shape index (κ3) is 3.41. The summed E-state index contributed by atoms with van der Waals surface area (Å²) < 4.78 is 11.8. The molecule has 0 spiro atoms. The number of furan rings is 1. The molecule has 0 radical (unpaired) electrons. The van der Waals surface area contributed by atoms with Gasteiger partial charge in [0.25, 0.3) is 0 Å². The minimum Gasteiger partial charge on any atom is -0.478 e. The monoisotopic (exact) mass is 389 g/mol. The predicted octanol–water partition coefficient (Wildman–Crippen LogP) is 3.82. The quantitative estimate of drug-likeness (QED) is 0.398. The molecule has 1 N–H and O–H groups in total. The van der Waals surface area contributed by atoms with Crippen LogP contribution in [0.2, 0.25) is 0 Å². The fourth-order valence-electron chi connectivity index (χ4n) is 3.10. The molecule has 7 nitrogen and oxygen atoms in total. The van der Waals surface area contributed by atoms with Crippen LogP contribution in [0.25, 0.3) is 5.52 Å². The van der Waals surface area contributed by atoms with E-state index < -0.39 is 17.7 Å². The average molecular weight is 389 g/mol. The van der Waals surface area contributed by atoms with Gasteiger partial charge in [0.15, 0.2) is 5.76 Å². The van der Waals surface area contributed by atoms with Gasteiger partial charge in [0, 0.05) is 6.20 Å². The van der Waals surface area contributed by atoms with Crippen molar-refractivity contribution in [1.29, 1.82) is 0 Å². The average Bonchev–Trinajstić information content (AvgIpc) is 3.40. The number of hydrogen-bond acceptors (Lipinski definition) is 5. The lowest BCUT2D eigenvalue weighted by molar-refractivity contribution is 0.0464. The fourth-order valence-corrected chi connectivity index (χ4v) is 3.10. The van der Waals surface area contributed by atoms with Crippen LogP contribution in [0.1, 0.15) is 42.5 Å². The van der Waals surface area contributed by atoms with Crippen LogP contribution in [-0.4, -0.2) is 27.2 Å². The summed E-state index contributed by atoms with van der Waals surface area (Å²) in [6.45, 7) is 0.0420. The summed E-state index contributed by atoms with van der Waals surface area (Å²) in [5.74, 6) is -2.36. The number of carboxylic acids is 1. The van der Waals surface area contributed by atoms with E-state index in [1.54, 1.807) is 12.1 Å². The molecule has 0 bridgehead atoms. The van der Waals surface area contributed by atoms with Crippen molar-refractivity contribution in [2.75, 3.05) is 0 Å². The minimum atomic E-state index is -1.26. The van der Waals surface area contributed by atoms with E-state index in [-0.39, 0.29) is 34.7 Å². The van der Waals surface area contributed by atoms with Crippen molar-refractivity contribution in [1.82, 2.24) is 4.40 Å². The molecule has 0 atom stereocenters. The standard InChI is InChI=1S/C22H15NO6/c24-20(18-9-5-11-28-18)15-8-4-10-23-17(12-16(19(15)23)21(25)26)22(27)29-13-14-6-2-1-3-7-14/h1-12H,13H2,(H,25,26). The first-order valence-electron chi connectivity index (χ1n) is 8.73. The molecular formula is C22H15NO6. The predicted molar refractivity (Wildman–Crippen MR) is 102 cm³/mol. The Kier molecular flexibility index (Phi) is 4.70. The number of carbonyl (C=O) groups excluding carboxylic acids is 2. The molecule has 7 heteroatoms. The summed E-state index contributed by atoms with van der Waals surface area (Å²) >= 11 is 0. The maximum absolute atomic E-state index is 12.8. The highest BCUT2D eigenvalue weighted by molar-refractivity contribution is 6.15. The Morgan fingerprint density at radius 3 is 2.45 bits per heavy atom. The summed E-state index contributed by atoms with van der Waals surface area (Å²) in [6.07, 6.45) is 2.87. The van der Waals surface area contributed by atoms with E-state index in [1.807, 2.05) is 30.3 Å². The maximum Gasteiger partial charge on any atom is 0.355 e. The largest absolute Gasteiger partial charge is 0.478 e. The Morgan fingerprint density at radius 2 is 1.76 bits per heavy atom. The highest BCUT2D eigenvalue weighted by Gasteiger charge is 2.25. The Balaban J connectivity index is 1.76. The van der Waals surface area contributed by atoms with Gasteiger partial charge in [0.1, 0.15) is 12.3 Å². The van der Waals surface area contributed by atoms with Gasteiger partial charge in [-0.3, -0.25) is 4.79 Å². The number of rotatable bonds is 6. The van der Waals surface area contributed by atoms with Crippen LogP contribution < -0.4 is 0 Å². The second-order valence-corrected chi connectivity index (χ2v) is 6.26. The molecule has 3 aromatic heterocycles. The van der Waals surface area contributed by atoms with Crippen LogP contribution in [0.15, 0.2) is 77.5 Å². The highest BCUT2D eigenvalue weighted by Crippen LogP contribution is 2.24. The number of nitrogens with zero attached hydrogens (tertiary/aromatic N) is 1. The van der Waals surface area contributed by atoms with Crippen LogP contribution in [0.3, 0.4) is 0 Å². The van der Waals surface area contributed by atoms with Crippen molar-refractivity contribution in [2.24, 2.45) is 0 Å². The van der Waals surface area contributed by atoms with E-state index in [2.05, 4.69) is 0 Å². The molecule has 0 saturated heterocycles. The normalized spacial score (nSPS) is 10.8. The molecule has 0 fully saturated rings. The maximum atomic E-state index is 12.8. The molecule has 0 saturated carbocycles. The van der Waals surface area contributed by atoms with E-state index in [0.29, 0.717) is 0 Å². The number of carbonyl (C=O) groups is 3. The zero-order valence-corrected chi connectivity index (χ0v) is 15.1. The molecule has 0 aliphatic rings. The molecule has 3 heterocycles. The number of ether oxygens (including phenoxy) is 1. The molecule has 29 heavy (non-hydrogen) atoms. The minimum absolute atomic E-state index is 0.0161. The van der Waals surface area contributed by atoms with Gasteiger partial charge in [-0.05, 0) is 35.9 Å². The summed E-state index contributed by atoms with van der Waals surface area (Å²) in [4.78, 5) is 37.2. The Labute approximate surface area is 164 Å². The number of benzene rings is 1. The highest BCUT2D eigenvalue weighted by atomic mass is 16.5. The lowest BCUT2D eigenvalue weighted by Gasteiger charge is -2.07. The van der Waals surface area contributed by atoms with E-state index in [0.717, 1.165) is 5.56 Å². The zero-order valence-electron chi connectivity index (χ0n) is 15.1. The summed E-state index contributed by atoms with van der Waals surface area (Å²) in [5, 5.41) is 9.62. The third-order valence-corrected chi connectivity index (χ3v) is 4.43. The van der Waals surface area contributed by atoms with Gasteiger partial charge in [-0.25, -0.2) is 9.59 Å².